The van der Waals surface area contributed by atoms with E-state index in [1.807, 2.05) is 12.1 Å². The molecule has 0 aliphatic heterocycles. The number of rotatable bonds is 4. The third kappa shape index (κ3) is 2.52. The van der Waals surface area contributed by atoms with E-state index in [2.05, 4.69) is 26.0 Å². The molecule has 0 heterocycles. The Bertz CT molecular complexity index is 645. The first-order valence-corrected chi connectivity index (χ1v) is 6.39. The summed E-state index contributed by atoms with van der Waals surface area (Å²) in [5.41, 5.74) is 4.85. The molecule has 2 aromatic carbocycles. The summed E-state index contributed by atoms with van der Waals surface area (Å²) in [6.07, 6.45) is 0.812. The largest absolute Gasteiger partial charge is 0.493 e. The number of hydrogen-bond donors (Lipinski definition) is 0. The van der Waals surface area contributed by atoms with Crippen LogP contribution in [0.15, 0.2) is 30.3 Å². The maximum Gasteiger partial charge on any atom is 0.168 e. The summed E-state index contributed by atoms with van der Waals surface area (Å²) in [5.74, 6) is 1.20. The molecule has 0 radical (unpaired) electrons. The van der Waals surface area contributed by atoms with E-state index in [-0.39, 0.29) is 0 Å². The first-order valence-electron chi connectivity index (χ1n) is 6.39. The van der Waals surface area contributed by atoms with Gasteiger partial charge in [-0.3, -0.25) is 4.79 Å². The van der Waals surface area contributed by atoms with Crippen LogP contribution in [0.4, 0.5) is 0 Å². The average Bonchev–Trinajstić information content (AvgIpc) is 2.48. The van der Waals surface area contributed by atoms with Crippen molar-refractivity contribution in [3.05, 3.63) is 47.0 Å². The predicted octanol–water partition coefficient (Wildman–Crippen LogP) is 3.80. The first kappa shape index (κ1) is 14.1. The van der Waals surface area contributed by atoms with Gasteiger partial charge in [-0.1, -0.05) is 18.2 Å². The molecule has 0 aliphatic carbocycles. The Morgan fingerprint density at radius 2 is 1.70 bits per heavy atom. The van der Waals surface area contributed by atoms with Crippen LogP contribution < -0.4 is 9.47 Å². The van der Waals surface area contributed by atoms with Crippen molar-refractivity contribution < 1.29 is 14.3 Å². The van der Waals surface area contributed by atoms with Gasteiger partial charge >= 0.3 is 0 Å². The summed E-state index contributed by atoms with van der Waals surface area (Å²) in [6, 6.07) is 9.66. The van der Waals surface area contributed by atoms with Crippen LogP contribution in [-0.2, 0) is 0 Å². The highest BCUT2D eigenvalue weighted by atomic mass is 16.5. The van der Waals surface area contributed by atoms with E-state index in [9.17, 15) is 4.79 Å². The van der Waals surface area contributed by atoms with E-state index in [1.165, 1.54) is 11.1 Å². The second kappa shape index (κ2) is 5.78. The third-order valence-electron chi connectivity index (χ3n) is 3.46. The van der Waals surface area contributed by atoms with E-state index in [0.29, 0.717) is 17.1 Å². The molecule has 3 nitrogen and oxygen atoms in total. The topological polar surface area (TPSA) is 35.5 Å². The number of hydrogen-bond acceptors (Lipinski definition) is 3. The Morgan fingerprint density at radius 3 is 2.25 bits per heavy atom. The summed E-state index contributed by atoms with van der Waals surface area (Å²) in [4.78, 5) is 11.1. The molecule has 104 valence electrons. The van der Waals surface area contributed by atoms with E-state index in [0.717, 1.165) is 17.4 Å². The van der Waals surface area contributed by atoms with Crippen molar-refractivity contribution in [2.24, 2.45) is 0 Å². The van der Waals surface area contributed by atoms with Crippen LogP contribution >= 0.6 is 0 Å². The van der Waals surface area contributed by atoms with Crippen LogP contribution in [0.2, 0.25) is 0 Å². The lowest BCUT2D eigenvalue weighted by Crippen LogP contribution is -1.96. The molecular weight excluding hydrogens is 252 g/mol. The van der Waals surface area contributed by atoms with Gasteiger partial charge in [-0.15, -0.1) is 0 Å². The lowest BCUT2D eigenvalue weighted by Gasteiger charge is -2.14. The van der Waals surface area contributed by atoms with Crippen molar-refractivity contribution >= 4 is 6.29 Å². The number of carbonyl (C=O) groups is 1. The Labute approximate surface area is 119 Å². The van der Waals surface area contributed by atoms with Gasteiger partial charge in [0.15, 0.2) is 11.5 Å². The van der Waals surface area contributed by atoms with E-state index >= 15 is 0 Å². The molecule has 0 bridgehead atoms. The first-order chi connectivity index (χ1) is 9.60. The normalized spacial score (nSPS) is 10.2. The Balaban J connectivity index is 2.70. The summed E-state index contributed by atoms with van der Waals surface area (Å²) in [5, 5.41) is 0. The number of methoxy groups -OCH3 is 2. The van der Waals surface area contributed by atoms with Gasteiger partial charge < -0.3 is 9.47 Å². The molecule has 0 unspecified atom stereocenters. The van der Waals surface area contributed by atoms with Gasteiger partial charge in [0, 0.05) is 11.1 Å². The zero-order valence-electron chi connectivity index (χ0n) is 12.2. The van der Waals surface area contributed by atoms with Gasteiger partial charge in [0.25, 0.3) is 0 Å². The highest BCUT2D eigenvalue weighted by molar-refractivity contribution is 5.84. The van der Waals surface area contributed by atoms with Gasteiger partial charge in [0.1, 0.15) is 6.29 Å². The van der Waals surface area contributed by atoms with Gasteiger partial charge in [-0.05, 0) is 42.7 Å². The lowest BCUT2D eigenvalue weighted by molar-refractivity contribution is 0.112. The van der Waals surface area contributed by atoms with Crippen molar-refractivity contribution in [1.29, 1.82) is 0 Å². The maximum atomic E-state index is 11.1. The van der Waals surface area contributed by atoms with Crippen molar-refractivity contribution in [1.82, 2.24) is 0 Å². The highest BCUT2D eigenvalue weighted by Crippen LogP contribution is 2.39. The minimum Gasteiger partial charge on any atom is -0.493 e. The summed E-state index contributed by atoms with van der Waals surface area (Å²) >= 11 is 0. The van der Waals surface area contributed by atoms with E-state index in [4.69, 9.17) is 9.47 Å². The molecule has 0 spiro atoms. The molecule has 0 fully saturated rings. The molecular formula is C17H18O3. The minimum absolute atomic E-state index is 0.560. The van der Waals surface area contributed by atoms with Crippen LogP contribution in [0.3, 0.4) is 0 Å². The number of carbonyl (C=O) groups excluding carboxylic acids is 1. The Kier molecular flexibility index (Phi) is 4.08. The van der Waals surface area contributed by atoms with Gasteiger partial charge in [-0.2, -0.15) is 0 Å². The van der Waals surface area contributed by atoms with Gasteiger partial charge in [0.05, 0.1) is 14.2 Å². The molecule has 0 amide bonds. The number of aryl methyl sites for hydroxylation is 2. The van der Waals surface area contributed by atoms with Gasteiger partial charge in [-0.25, -0.2) is 0 Å². The molecule has 3 heteroatoms. The Hall–Kier alpha value is -2.29. The van der Waals surface area contributed by atoms with Crippen LogP contribution in [-0.4, -0.2) is 20.5 Å². The van der Waals surface area contributed by atoms with Crippen LogP contribution in [0.25, 0.3) is 11.1 Å². The predicted molar refractivity (Wildman–Crippen MR) is 79.8 cm³/mol. The van der Waals surface area contributed by atoms with Crippen molar-refractivity contribution in [3.63, 3.8) is 0 Å². The molecule has 20 heavy (non-hydrogen) atoms. The number of aldehydes is 1. The molecule has 0 N–H and O–H groups in total. The number of ether oxygens (including phenoxy) is 2. The molecule has 0 atom stereocenters. The summed E-state index contributed by atoms with van der Waals surface area (Å²) < 4.78 is 10.8. The van der Waals surface area contributed by atoms with Crippen molar-refractivity contribution in [2.75, 3.05) is 14.2 Å². The molecule has 0 saturated heterocycles. The second-order valence-corrected chi connectivity index (χ2v) is 4.72. The zero-order chi connectivity index (χ0) is 14.7. The third-order valence-corrected chi connectivity index (χ3v) is 3.46. The van der Waals surface area contributed by atoms with Crippen LogP contribution in [0.5, 0.6) is 11.5 Å². The molecule has 0 aliphatic rings. The fourth-order valence-corrected chi connectivity index (χ4v) is 2.18. The van der Waals surface area contributed by atoms with E-state index < -0.39 is 0 Å². The molecule has 2 rings (SSSR count). The maximum absolute atomic E-state index is 11.1. The fourth-order valence-electron chi connectivity index (χ4n) is 2.18. The van der Waals surface area contributed by atoms with Gasteiger partial charge in [0.2, 0.25) is 0 Å². The molecule has 2 aromatic rings. The quantitative estimate of drug-likeness (QED) is 0.793. The lowest BCUT2D eigenvalue weighted by atomic mass is 9.98. The minimum atomic E-state index is 0.560. The fraction of sp³-hybridized carbons (Fsp3) is 0.235. The number of benzene rings is 2. The van der Waals surface area contributed by atoms with Crippen molar-refractivity contribution in [3.8, 4) is 22.6 Å². The molecule has 0 aromatic heterocycles. The molecule has 0 saturated carbocycles. The Morgan fingerprint density at radius 1 is 0.950 bits per heavy atom. The standard InChI is InChI=1S/C17H18O3/c1-11-5-6-14(7-12(11)2)15-8-13(10-18)9-16(19-3)17(15)20-4/h5-10H,1-4H3. The highest BCUT2D eigenvalue weighted by Gasteiger charge is 2.14. The average molecular weight is 270 g/mol. The summed E-state index contributed by atoms with van der Waals surface area (Å²) in [6.45, 7) is 4.13. The van der Waals surface area contributed by atoms with Crippen molar-refractivity contribution in [2.45, 2.75) is 13.8 Å². The van der Waals surface area contributed by atoms with Crippen LogP contribution in [0, 0.1) is 13.8 Å². The SMILES string of the molecule is COc1cc(C=O)cc(-c2ccc(C)c(C)c2)c1OC. The summed E-state index contributed by atoms with van der Waals surface area (Å²) in [7, 11) is 3.17. The smallest absolute Gasteiger partial charge is 0.168 e. The monoisotopic (exact) mass is 270 g/mol. The zero-order valence-corrected chi connectivity index (χ0v) is 12.2. The second-order valence-electron chi connectivity index (χ2n) is 4.72. The van der Waals surface area contributed by atoms with Crippen LogP contribution in [0.1, 0.15) is 21.5 Å². The van der Waals surface area contributed by atoms with E-state index in [1.54, 1.807) is 20.3 Å².